The maximum Gasteiger partial charge on any atom is 0.279 e. The summed E-state index contributed by atoms with van der Waals surface area (Å²) < 4.78 is 6.83. The van der Waals surface area contributed by atoms with E-state index in [1.54, 1.807) is 18.8 Å². The fourth-order valence-electron chi connectivity index (χ4n) is 2.91. The minimum absolute atomic E-state index is 0.221. The Morgan fingerprint density at radius 3 is 2.74 bits per heavy atom. The number of para-hydroxylation sites is 1. The Morgan fingerprint density at radius 1 is 1.19 bits per heavy atom. The lowest BCUT2D eigenvalue weighted by Gasteiger charge is -2.01. The van der Waals surface area contributed by atoms with Gasteiger partial charge in [-0.1, -0.05) is 30.3 Å². The fourth-order valence-corrected chi connectivity index (χ4v) is 2.91. The van der Waals surface area contributed by atoms with Crippen LogP contribution in [0.2, 0.25) is 0 Å². The number of nitrogens with zero attached hydrogens (tertiary/aromatic N) is 4. The zero-order valence-corrected chi connectivity index (χ0v) is 14.9. The molecule has 2 aromatic carbocycles. The van der Waals surface area contributed by atoms with Crippen molar-refractivity contribution in [3.8, 4) is 5.75 Å². The molecule has 0 atom stereocenters. The number of aromatic amines is 1. The summed E-state index contributed by atoms with van der Waals surface area (Å²) in [6.45, 7) is 0. The average Bonchev–Trinajstić information content (AvgIpc) is 3.27. The number of carbonyl (C=O) groups is 1. The second-order valence-corrected chi connectivity index (χ2v) is 6.07. The minimum Gasteiger partial charge on any atom is -0.497 e. The Balaban J connectivity index is 1.49. The van der Waals surface area contributed by atoms with Crippen LogP contribution in [0.15, 0.2) is 48.5 Å². The molecule has 0 aliphatic carbocycles. The third-order valence-electron chi connectivity index (χ3n) is 4.26. The topological polar surface area (TPSA) is 97.7 Å². The summed E-state index contributed by atoms with van der Waals surface area (Å²) in [5.74, 6) is 1.33. The molecule has 0 saturated carbocycles. The number of anilines is 1. The lowest BCUT2D eigenvalue weighted by Crippen LogP contribution is -2.14. The van der Waals surface area contributed by atoms with Gasteiger partial charge >= 0.3 is 0 Å². The highest BCUT2D eigenvalue weighted by Gasteiger charge is 2.17. The van der Waals surface area contributed by atoms with Crippen molar-refractivity contribution < 1.29 is 9.53 Å². The Morgan fingerprint density at radius 2 is 1.96 bits per heavy atom. The molecule has 136 valence electrons. The molecule has 0 aliphatic heterocycles. The number of hydrogen-bond acceptors (Lipinski definition) is 5. The van der Waals surface area contributed by atoms with E-state index in [1.165, 1.54) is 0 Å². The maximum absolute atomic E-state index is 12.6. The number of amides is 1. The van der Waals surface area contributed by atoms with Gasteiger partial charge in [-0.15, -0.1) is 5.10 Å². The standard InChI is InChI=1S/C19H18N6O2/c1-25-15-6-4-3-5-14(15)17(24-25)18(26)21-19-20-16(22-23-19)11-12-7-9-13(27-2)10-8-12/h3-10H,11H2,1-2H3,(H2,20,21,22,23,26). The van der Waals surface area contributed by atoms with Crippen LogP contribution in [0.25, 0.3) is 10.9 Å². The molecule has 0 radical (unpaired) electrons. The van der Waals surface area contributed by atoms with E-state index in [9.17, 15) is 4.79 Å². The summed E-state index contributed by atoms with van der Waals surface area (Å²) in [6.07, 6.45) is 0.569. The van der Waals surface area contributed by atoms with Crippen molar-refractivity contribution in [2.45, 2.75) is 6.42 Å². The van der Waals surface area contributed by atoms with Gasteiger partial charge < -0.3 is 4.74 Å². The predicted molar refractivity (Wildman–Crippen MR) is 101 cm³/mol. The van der Waals surface area contributed by atoms with Gasteiger partial charge in [-0.25, -0.2) is 0 Å². The van der Waals surface area contributed by atoms with Crippen LogP contribution < -0.4 is 10.1 Å². The molecule has 0 aliphatic rings. The van der Waals surface area contributed by atoms with Crippen LogP contribution in [0.4, 0.5) is 5.95 Å². The van der Waals surface area contributed by atoms with Gasteiger partial charge in [0.05, 0.1) is 12.6 Å². The molecule has 4 rings (SSSR count). The van der Waals surface area contributed by atoms with E-state index in [2.05, 4.69) is 25.6 Å². The second kappa shape index (κ2) is 6.91. The van der Waals surface area contributed by atoms with Crippen molar-refractivity contribution in [3.05, 3.63) is 65.6 Å². The monoisotopic (exact) mass is 362 g/mol. The van der Waals surface area contributed by atoms with Crippen LogP contribution in [-0.2, 0) is 13.5 Å². The van der Waals surface area contributed by atoms with Gasteiger partial charge in [-0.05, 0) is 23.8 Å². The number of ether oxygens (including phenoxy) is 1. The van der Waals surface area contributed by atoms with Gasteiger partial charge in [-0.3, -0.25) is 19.9 Å². The molecule has 27 heavy (non-hydrogen) atoms. The second-order valence-electron chi connectivity index (χ2n) is 6.07. The molecular weight excluding hydrogens is 344 g/mol. The molecule has 0 unspecified atom stereocenters. The normalized spacial score (nSPS) is 10.9. The van der Waals surface area contributed by atoms with E-state index >= 15 is 0 Å². The van der Waals surface area contributed by atoms with E-state index in [-0.39, 0.29) is 11.9 Å². The van der Waals surface area contributed by atoms with Gasteiger partial charge in [0.15, 0.2) is 5.69 Å². The molecule has 0 bridgehead atoms. The van der Waals surface area contributed by atoms with Crippen LogP contribution in [0, 0.1) is 0 Å². The SMILES string of the molecule is COc1ccc(Cc2nc(NC(=O)c3nn(C)c4ccccc34)n[nH]2)cc1. The summed E-state index contributed by atoms with van der Waals surface area (Å²) in [5, 5.41) is 14.7. The highest BCUT2D eigenvalue weighted by molar-refractivity contribution is 6.10. The molecule has 0 saturated heterocycles. The third kappa shape index (κ3) is 3.37. The van der Waals surface area contributed by atoms with Gasteiger partial charge in [0.25, 0.3) is 5.91 Å². The average molecular weight is 362 g/mol. The van der Waals surface area contributed by atoms with Crippen LogP contribution in [0.5, 0.6) is 5.75 Å². The van der Waals surface area contributed by atoms with Crippen molar-refractivity contribution >= 4 is 22.8 Å². The number of nitrogens with one attached hydrogen (secondary N) is 2. The maximum atomic E-state index is 12.6. The summed E-state index contributed by atoms with van der Waals surface area (Å²) in [6, 6.07) is 15.3. The lowest BCUT2D eigenvalue weighted by atomic mass is 10.1. The fraction of sp³-hybridized carbons (Fsp3) is 0.158. The van der Waals surface area contributed by atoms with E-state index in [0.29, 0.717) is 17.9 Å². The number of fused-ring (bicyclic) bond motifs is 1. The van der Waals surface area contributed by atoms with Crippen LogP contribution in [-0.4, -0.2) is 38.0 Å². The number of aryl methyl sites for hydroxylation is 1. The molecular formula is C19H18N6O2. The molecule has 1 amide bonds. The Labute approximate surface area is 155 Å². The van der Waals surface area contributed by atoms with E-state index < -0.39 is 0 Å². The molecule has 0 fully saturated rings. The number of aromatic nitrogens is 5. The minimum atomic E-state index is -0.346. The molecule has 0 spiro atoms. The number of H-pyrrole nitrogens is 1. The summed E-state index contributed by atoms with van der Waals surface area (Å²) in [7, 11) is 3.43. The van der Waals surface area contributed by atoms with Crippen LogP contribution >= 0.6 is 0 Å². The Bertz CT molecular complexity index is 1100. The summed E-state index contributed by atoms with van der Waals surface area (Å²) in [5.41, 5.74) is 2.29. The number of hydrogen-bond donors (Lipinski definition) is 2. The first-order chi connectivity index (χ1) is 13.1. The number of benzene rings is 2. The van der Waals surface area contributed by atoms with E-state index in [1.807, 2.05) is 48.5 Å². The first-order valence-electron chi connectivity index (χ1n) is 8.41. The first-order valence-corrected chi connectivity index (χ1v) is 8.41. The largest absolute Gasteiger partial charge is 0.497 e. The highest BCUT2D eigenvalue weighted by atomic mass is 16.5. The van der Waals surface area contributed by atoms with Crippen molar-refractivity contribution in [1.29, 1.82) is 0 Å². The van der Waals surface area contributed by atoms with E-state index in [4.69, 9.17) is 4.74 Å². The van der Waals surface area contributed by atoms with Crippen molar-refractivity contribution in [2.24, 2.45) is 7.05 Å². The highest BCUT2D eigenvalue weighted by Crippen LogP contribution is 2.18. The smallest absolute Gasteiger partial charge is 0.279 e. The number of methoxy groups -OCH3 is 1. The van der Waals surface area contributed by atoms with Crippen molar-refractivity contribution in [3.63, 3.8) is 0 Å². The van der Waals surface area contributed by atoms with Gasteiger partial charge in [0, 0.05) is 18.9 Å². The van der Waals surface area contributed by atoms with Gasteiger partial charge in [0.1, 0.15) is 11.6 Å². The lowest BCUT2D eigenvalue weighted by molar-refractivity contribution is 0.102. The predicted octanol–water partition coefficient (Wildman–Crippen LogP) is 2.54. The summed E-state index contributed by atoms with van der Waals surface area (Å²) >= 11 is 0. The molecule has 2 heterocycles. The third-order valence-corrected chi connectivity index (χ3v) is 4.26. The number of rotatable bonds is 5. The number of carbonyl (C=O) groups excluding carboxylic acids is 1. The van der Waals surface area contributed by atoms with Gasteiger partial charge in [0.2, 0.25) is 5.95 Å². The van der Waals surface area contributed by atoms with E-state index in [0.717, 1.165) is 22.2 Å². The quantitative estimate of drug-likeness (QED) is 0.569. The molecule has 8 nitrogen and oxygen atoms in total. The zero-order valence-electron chi connectivity index (χ0n) is 14.9. The van der Waals surface area contributed by atoms with Crippen molar-refractivity contribution in [2.75, 3.05) is 12.4 Å². The zero-order chi connectivity index (χ0) is 18.8. The Hall–Kier alpha value is -3.68. The first kappa shape index (κ1) is 16.8. The summed E-state index contributed by atoms with van der Waals surface area (Å²) in [4.78, 5) is 16.9. The Kier molecular flexibility index (Phi) is 4.29. The molecule has 4 aromatic rings. The molecule has 2 aromatic heterocycles. The van der Waals surface area contributed by atoms with Crippen molar-refractivity contribution in [1.82, 2.24) is 25.0 Å². The van der Waals surface area contributed by atoms with Crippen LogP contribution in [0.3, 0.4) is 0 Å². The molecule has 8 heteroatoms. The van der Waals surface area contributed by atoms with Gasteiger partial charge in [-0.2, -0.15) is 10.1 Å². The van der Waals surface area contributed by atoms with Crippen LogP contribution in [0.1, 0.15) is 21.9 Å². The molecule has 2 N–H and O–H groups in total.